The van der Waals surface area contributed by atoms with Gasteiger partial charge in [0.25, 0.3) is 0 Å². The van der Waals surface area contributed by atoms with Crippen molar-refractivity contribution in [2.24, 2.45) is 0 Å². The molecular formula is C15H23N3O. The minimum atomic E-state index is -0.583. The third-order valence-corrected chi connectivity index (χ3v) is 4.33. The lowest BCUT2D eigenvalue weighted by atomic mass is 9.94. The lowest BCUT2D eigenvalue weighted by Gasteiger charge is -2.38. The molecule has 1 aromatic rings. The van der Waals surface area contributed by atoms with Crippen molar-refractivity contribution in [3.63, 3.8) is 0 Å². The number of β-amino-alcohol motifs (C(OH)–C–C–N with tert-alkyl or cyclic N) is 1. The number of piperidine rings is 1. The lowest BCUT2D eigenvalue weighted by Crippen LogP contribution is -2.46. The van der Waals surface area contributed by atoms with Gasteiger partial charge in [0.05, 0.1) is 5.60 Å². The predicted molar refractivity (Wildman–Crippen MR) is 75.4 cm³/mol. The molecule has 19 heavy (non-hydrogen) atoms. The Morgan fingerprint density at radius 1 is 1.16 bits per heavy atom. The second kappa shape index (κ2) is 5.08. The minimum absolute atomic E-state index is 0.583. The molecule has 3 rings (SSSR count). The Labute approximate surface area is 114 Å². The van der Waals surface area contributed by atoms with Crippen molar-refractivity contribution in [2.75, 3.05) is 18.0 Å². The van der Waals surface area contributed by atoms with E-state index in [1.54, 1.807) is 6.33 Å². The minimum Gasteiger partial charge on any atom is -0.388 e. The molecule has 0 spiro atoms. The maximum Gasteiger partial charge on any atom is 0.135 e. The summed E-state index contributed by atoms with van der Waals surface area (Å²) in [7, 11) is 0. The summed E-state index contributed by atoms with van der Waals surface area (Å²) < 4.78 is 0. The van der Waals surface area contributed by atoms with Crippen LogP contribution in [-0.4, -0.2) is 33.8 Å². The Morgan fingerprint density at radius 2 is 2.00 bits per heavy atom. The summed E-state index contributed by atoms with van der Waals surface area (Å²) in [5, 5.41) is 10.3. The van der Waals surface area contributed by atoms with Crippen LogP contribution in [0.5, 0.6) is 0 Å². The summed E-state index contributed by atoms with van der Waals surface area (Å²) in [6.45, 7) is 3.62. The number of hydrogen-bond donors (Lipinski definition) is 1. The van der Waals surface area contributed by atoms with E-state index in [1.807, 2.05) is 6.92 Å². The van der Waals surface area contributed by atoms with Gasteiger partial charge in [-0.25, -0.2) is 9.97 Å². The van der Waals surface area contributed by atoms with Crippen LogP contribution in [0.25, 0.3) is 0 Å². The van der Waals surface area contributed by atoms with Crippen LogP contribution < -0.4 is 4.90 Å². The van der Waals surface area contributed by atoms with Gasteiger partial charge in [-0.15, -0.1) is 0 Å². The van der Waals surface area contributed by atoms with Gasteiger partial charge in [0.15, 0.2) is 0 Å². The average Bonchev–Trinajstić information content (AvgIpc) is 2.62. The van der Waals surface area contributed by atoms with Crippen molar-refractivity contribution in [3.05, 3.63) is 17.6 Å². The van der Waals surface area contributed by atoms with Crippen LogP contribution in [0, 0.1) is 0 Å². The fourth-order valence-electron chi connectivity index (χ4n) is 3.35. The van der Waals surface area contributed by atoms with E-state index in [1.165, 1.54) is 30.5 Å². The summed E-state index contributed by atoms with van der Waals surface area (Å²) in [5.41, 5.74) is 1.98. The quantitative estimate of drug-likeness (QED) is 0.787. The number of rotatable bonds is 1. The van der Waals surface area contributed by atoms with Crippen molar-refractivity contribution >= 4 is 5.82 Å². The van der Waals surface area contributed by atoms with Crippen LogP contribution in [-0.2, 0) is 12.8 Å². The van der Waals surface area contributed by atoms with Crippen molar-refractivity contribution in [1.82, 2.24) is 9.97 Å². The van der Waals surface area contributed by atoms with Crippen LogP contribution in [0.2, 0.25) is 0 Å². The Kier molecular flexibility index (Phi) is 3.44. The fourth-order valence-corrected chi connectivity index (χ4v) is 3.35. The Balaban J connectivity index is 1.92. The first-order valence-corrected chi connectivity index (χ1v) is 7.46. The predicted octanol–water partition coefficient (Wildman–Crippen LogP) is 2.10. The number of anilines is 1. The first-order chi connectivity index (χ1) is 9.16. The molecule has 1 aliphatic carbocycles. The second-order valence-corrected chi connectivity index (χ2v) is 6.21. The number of aromatic nitrogens is 2. The summed E-state index contributed by atoms with van der Waals surface area (Å²) >= 11 is 0. The topological polar surface area (TPSA) is 49.2 Å². The zero-order valence-electron chi connectivity index (χ0n) is 11.7. The van der Waals surface area contributed by atoms with Crippen LogP contribution in [0.4, 0.5) is 5.82 Å². The lowest BCUT2D eigenvalue weighted by molar-refractivity contribution is 0.0446. The molecule has 0 bridgehead atoms. The first kappa shape index (κ1) is 12.9. The average molecular weight is 261 g/mol. The molecular weight excluding hydrogens is 238 g/mol. The van der Waals surface area contributed by atoms with E-state index in [0.29, 0.717) is 6.54 Å². The Hall–Kier alpha value is -1.16. The van der Waals surface area contributed by atoms with E-state index < -0.39 is 5.60 Å². The Bertz CT molecular complexity index is 459. The van der Waals surface area contributed by atoms with Gasteiger partial charge in [-0.2, -0.15) is 0 Å². The van der Waals surface area contributed by atoms with Gasteiger partial charge >= 0.3 is 0 Å². The first-order valence-electron chi connectivity index (χ1n) is 7.46. The van der Waals surface area contributed by atoms with E-state index in [9.17, 15) is 5.11 Å². The molecule has 2 heterocycles. The molecule has 0 saturated carbocycles. The molecule has 2 aliphatic rings. The molecule has 1 aromatic heterocycles. The molecule has 104 valence electrons. The number of nitrogens with zero attached hydrogens (tertiary/aromatic N) is 3. The third-order valence-electron chi connectivity index (χ3n) is 4.33. The van der Waals surface area contributed by atoms with Crippen LogP contribution in [0.3, 0.4) is 0 Å². The molecule has 4 heteroatoms. The molecule has 0 aromatic carbocycles. The van der Waals surface area contributed by atoms with E-state index in [0.717, 1.165) is 38.0 Å². The van der Waals surface area contributed by atoms with Gasteiger partial charge in [0.1, 0.15) is 12.1 Å². The van der Waals surface area contributed by atoms with Gasteiger partial charge in [0.2, 0.25) is 0 Å². The van der Waals surface area contributed by atoms with E-state index in [4.69, 9.17) is 0 Å². The summed E-state index contributed by atoms with van der Waals surface area (Å²) in [6, 6.07) is 0. The van der Waals surface area contributed by atoms with Crippen LogP contribution >= 0.6 is 0 Å². The monoisotopic (exact) mass is 261 g/mol. The van der Waals surface area contributed by atoms with E-state index >= 15 is 0 Å². The fraction of sp³-hybridized carbons (Fsp3) is 0.733. The van der Waals surface area contributed by atoms with Crippen LogP contribution in [0.15, 0.2) is 6.33 Å². The standard InChI is InChI=1S/C15H23N3O/c1-15(19)8-5-9-18(10-15)14-12-6-3-2-4-7-13(12)16-11-17-14/h11,19H,2-10H2,1H3. The molecule has 0 amide bonds. The smallest absolute Gasteiger partial charge is 0.135 e. The molecule has 4 nitrogen and oxygen atoms in total. The van der Waals surface area contributed by atoms with Gasteiger partial charge in [-0.1, -0.05) is 6.42 Å². The number of aryl methyl sites for hydroxylation is 1. The maximum atomic E-state index is 10.3. The normalized spacial score (nSPS) is 27.8. The maximum absolute atomic E-state index is 10.3. The Morgan fingerprint density at radius 3 is 2.84 bits per heavy atom. The van der Waals surface area contributed by atoms with Gasteiger partial charge < -0.3 is 10.0 Å². The summed E-state index contributed by atoms with van der Waals surface area (Å²) in [6.07, 6.45) is 9.54. The number of aliphatic hydroxyl groups is 1. The van der Waals surface area contributed by atoms with Crippen LogP contribution in [0.1, 0.15) is 50.3 Å². The van der Waals surface area contributed by atoms with E-state index in [2.05, 4.69) is 14.9 Å². The number of fused-ring (bicyclic) bond motifs is 1. The summed E-state index contributed by atoms with van der Waals surface area (Å²) in [4.78, 5) is 11.3. The molecule has 1 unspecified atom stereocenters. The van der Waals surface area contributed by atoms with Gasteiger partial charge in [-0.05, 0) is 45.4 Å². The third kappa shape index (κ3) is 2.73. The van der Waals surface area contributed by atoms with Crippen molar-refractivity contribution in [3.8, 4) is 0 Å². The molecule has 1 N–H and O–H groups in total. The zero-order valence-corrected chi connectivity index (χ0v) is 11.7. The molecule has 1 atom stereocenters. The zero-order chi connectivity index (χ0) is 13.3. The molecule has 1 aliphatic heterocycles. The summed E-state index contributed by atoms with van der Waals surface area (Å²) in [5.74, 6) is 1.08. The van der Waals surface area contributed by atoms with Crippen molar-refractivity contribution < 1.29 is 5.11 Å². The largest absolute Gasteiger partial charge is 0.388 e. The van der Waals surface area contributed by atoms with E-state index in [-0.39, 0.29) is 0 Å². The van der Waals surface area contributed by atoms with Crippen molar-refractivity contribution in [1.29, 1.82) is 0 Å². The SMILES string of the molecule is CC1(O)CCCN(c2ncnc3c2CCCCC3)C1. The van der Waals surface area contributed by atoms with Gasteiger partial charge in [0, 0.05) is 24.3 Å². The number of hydrogen-bond acceptors (Lipinski definition) is 4. The highest BCUT2D eigenvalue weighted by Gasteiger charge is 2.30. The molecule has 1 saturated heterocycles. The molecule has 0 radical (unpaired) electrons. The second-order valence-electron chi connectivity index (χ2n) is 6.21. The van der Waals surface area contributed by atoms with Gasteiger partial charge in [-0.3, -0.25) is 0 Å². The van der Waals surface area contributed by atoms with Crippen molar-refractivity contribution in [2.45, 2.75) is 57.5 Å². The highest BCUT2D eigenvalue weighted by molar-refractivity contribution is 5.50. The highest BCUT2D eigenvalue weighted by atomic mass is 16.3. The highest BCUT2D eigenvalue weighted by Crippen LogP contribution is 2.30. The molecule has 1 fully saturated rings.